The molecule has 476 valence electrons. The Balaban J connectivity index is -0.000000181. The van der Waals surface area contributed by atoms with Crippen molar-refractivity contribution in [2.75, 3.05) is 138 Å². The summed E-state index contributed by atoms with van der Waals surface area (Å²) in [6.07, 6.45) is 15.2. The van der Waals surface area contributed by atoms with Gasteiger partial charge in [-0.05, 0) is 66.5 Å². The first-order valence-corrected chi connectivity index (χ1v) is 34.0. The van der Waals surface area contributed by atoms with Gasteiger partial charge >= 0.3 is 0 Å². The summed E-state index contributed by atoms with van der Waals surface area (Å²) in [7, 11) is 6.88. The van der Waals surface area contributed by atoms with E-state index in [1.807, 2.05) is 38.8 Å². The minimum atomic E-state index is -0.296. The monoisotopic (exact) mass is 1610 g/mol. The summed E-state index contributed by atoms with van der Waals surface area (Å²) < 4.78 is 21.3. The van der Waals surface area contributed by atoms with Gasteiger partial charge in [0.25, 0.3) is 0 Å². The van der Waals surface area contributed by atoms with Crippen molar-refractivity contribution >= 4 is 129 Å². The number of nitrogens with one attached hydrogen (secondary N) is 6. The first kappa shape index (κ1) is 103. The van der Waals surface area contributed by atoms with Crippen molar-refractivity contribution in [3.05, 3.63) is 51.9 Å². The topological polar surface area (TPSA) is 264 Å². The minimum Gasteiger partial charge on any atom is -0.469 e. The number of Topliss-reactive ketones (excluding diaryl/α,β-unsaturated/α-hetero) is 4. The largest absolute Gasteiger partial charge is 0.469 e. The molecule has 0 aromatic carbocycles. The Morgan fingerprint density at radius 3 is 1.11 bits per heavy atom. The van der Waals surface area contributed by atoms with Gasteiger partial charge in [-0.3, -0.25) is 35.8 Å². The molecule has 0 bridgehead atoms. The summed E-state index contributed by atoms with van der Waals surface area (Å²) in [5.41, 5.74) is 10.7. The Morgan fingerprint density at radius 2 is 0.756 bits per heavy atom. The van der Waals surface area contributed by atoms with Crippen LogP contribution in [0.1, 0.15) is 91.9 Å². The first-order chi connectivity index (χ1) is 37.8. The molecule has 10 N–H and O–H groups in total. The van der Waals surface area contributed by atoms with Gasteiger partial charge in [-0.15, -0.1) is 115 Å². The second kappa shape index (κ2) is 89.6. The van der Waals surface area contributed by atoms with E-state index in [9.17, 15) is 28.8 Å². The molecule has 0 saturated heterocycles. The number of carbonyl (C=O) groups is 6. The average Bonchev–Trinajstić information content (AvgIpc) is 3.41. The van der Waals surface area contributed by atoms with Gasteiger partial charge in [-0.25, -0.2) is 50.5 Å². The Hall–Kier alpha value is 4.44. The molecular formula is C52H100N8O10S8Y4-8. The molecule has 82 heavy (non-hydrogen) atoms. The zero-order valence-corrected chi connectivity index (χ0v) is 67.6. The van der Waals surface area contributed by atoms with Crippen LogP contribution in [0, 0.1) is 51.9 Å². The van der Waals surface area contributed by atoms with Crippen LogP contribution in [0.15, 0.2) is 0 Å². The van der Waals surface area contributed by atoms with Crippen LogP contribution >= 0.6 is 93.7 Å². The molecule has 0 spiro atoms. The van der Waals surface area contributed by atoms with Crippen LogP contribution in [0.25, 0.3) is 0 Å². The Bertz CT molecular complexity index is 1360. The Labute approximate surface area is 635 Å². The van der Waals surface area contributed by atoms with Crippen molar-refractivity contribution in [1.82, 2.24) is 31.9 Å². The number of unbranched alkanes of at least 4 members (excludes halogenated alkanes) is 2. The molecule has 0 aliphatic carbocycles. The maximum Gasteiger partial charge on any atom is 0.234 e. The molecule has 2 atom stereocenters. The molecule has 0 fully saturated rings. The summed E-state index contributed by atoms with van der Waals surface area (Å²) in [6.45, 7) is 21.7. The van der Waals surface area contributed by atoms with Crippen molar-refractivity contribution in [2.45, 2.75) is 104 Å². The van der Waals surface area contributed by atoms with Gasteiger partial charge in [0, 0.05) is 157 Å². The van der Waals surface area contributed by atoms with Gasteiger partial charge < -0.3 is 107 Å². The van der Waals surface area contributed by atoms with E-state index < -0.39 is 0 Å². The van der Waals surface area contributed by atoms with E-state index in [2.05, 4.69) is 89.0 Å². The van der Waals surface area contributed by atoms with Gasteiger partial charge in [0.2, 0.25) is 11.8 Å². The normalized spacial score (nSPS) is 11.0. The zero-order valence-electron chi connectivity index (χ0n) is 49.4. The number of hydrogen-bond acceptors (Lipinski definition) is 24. The van der Waals surface area contributed by atoms with E-state index in [0.29, 0.717) is 128 Å². The van der Waals surface area contributed by atoms with E-state index in [-0.39, 0.29) is 178 Å². The van der Waals surface area contributed by atoms with Gasteiger partial charge in [0.05, 0.1) is 64.9 Å². The van der Waals surface area contributed by atoms with Gasteiger partial charge in [0.15, 0.2) is 0 Å². The van der Waals surface area contributed by atoms with Crippen molar-refractivity contribution in [3.8, 4) is 0 Å². The van der Waals surface area contributed by atoms with Crippen molar-refractivity contribution in [1.29, 1.82) is 0 Å². The molecule has 18 nitrogen and oxygen atoms in total. The fraction of sp³-hybridized carbons (Fsp3) is 0.731. The van der Waals surface area contributed by atoms with E-state index in [1.54, 1.807) is 77.4 Å². The SMILES string of the molecule is CC(=O)C[CH-]CS.CC(=O)C[CH-]CS.CC(=O)C[CH-]CSSC[CH-]NCCCCC(N[CH-]CSSC[CH-]CC(C)=O)C(=O)NCCOCCOCCN.NCCOCCOCCNC(=O)C(CCCCN[CH-]CS)N[CH-]CS.[Y].[Y].[Y].[Y]. The number of amides is 2. The van der Waals surface area contributed by atoms with Crippen LogP contribution in [0.3, 0.4) is 0 Å². The summed E-state index contributed by atoms with van der Waals surface area (Å²) in [6, 6.07) is -0.538. The fourth-order valence-corrected chi connectivity index (χ4v) is 9.21. The third-order valence-electron chi connectivity index (χ3n) is 9.06. The van der Waals surface area contributed by atoms with Crippen molar-refractivity contribution in [2.24, 2.45) is 11.5 Å². The Kier molecular flexibility index (Phi) is 112. The van der Waals surface area contributed by atoms with Crippen LogP contribution in [0.2, 0.25) is 0 Å². The van der Waals surface area contributed by atoms with Crippen molar-refractivity contribution < 1.29 is 179 Å². The molecule has 0 saturated carbocycles. The third-order valence-corrected chi connectivity index (χ3v) is 14.3. The number of ketones is 4. The Morgan fingerprint density at radius 1 is 0.415 bits per heavy atom. The third kappa shape index (κ3) is 95.5. The minimum absolute atomic E-state index is 0. The van der Waals surface area contributed by atoms with E-state index >= 15 is 0 Å². The molecule has 4 radical (unpaired) electrons. The van der Waals surface area contributed by atoms with Crippen molar-refractivity contribution in [3.63, 3.8) is 0 Å². The molecule has 2 amide bonds. The number of hydrogen-bond donors (Lipinski definition) is 12. The summed E-state index contributed by atoms with van der Waals surface area (Å²) in [4.78, 5) is 67.2. The molecular weight excluding hydrogens is 1510 g/mol. The number of thiol groups is 4. The maximum atomic E-state index is 12.8. The number of nitrogens with two attached hydrogens (primary N) is 2. The molecule has 0 aromatic rings. The van der Waals surface area contributed by atoms with Crippen LogP contribution < -0.4 is 43.4 Å². The predicted molar refractivity (Wildman–Crippen MR) is 346 cm³/mol. The molecule has 0 aromatic heterocycles. The van der Waals surface area contributed by atoms with E-state index in [0.717, 1.165) is 74.6 Å². The average molecular weight is 1610 g/mol. The summed E-state index contributed by atoms with van der Waals surface area (Å²) in [5, 5.41) is 18.7. The molecule has 0 aliphatic rings. The van der Waals surface area contributed by atoms with Crippen LogP contribution in [0.4, 0.5) is 0 Å². The number of ether oxygens (including phenoxy) is 4. The molecule has 0 aliphatic heterocycles. The molecule has 2 unspecified atom stereocenters. The first-order valence-electron chi connectivity index (χ1n) is 26.5. The van der Waals surface area contributed by atoms with Gasteiger partial charge in [-0.2, -0.15) is 0 Å². The second-order valence-electron chi connectivity index (χ2n) is 16.4. The quantitative estimate of drug-likeness (QED) is 0.0156. The molecule has 30 heteroatoms. The zero-order chi connectivity index (χ0) is 58.8. The summed E-state index contributed by atoms with van der Waals surface area (Å²) in [5.74, 6) is 6.75. The van der Waals surface area contributed by atoms with Gasteiger partial charge in [-0.1, -0.05) is 12.8 Å². The maximum absolute atomic E-state index is 12.8. The van der Waals surface area contributed by atoms with E-state index in [1.165, 1.54) is 0 Å². The number of rotatable bonds is 56. The molecule has 0 heterocycles. The van der Waals surface area contributed by atoms with E-state index in [4.69, 9.17) is 30.4 Å². The van der Waals surface area contributed by atoms with Crippen LogP contribution in [0.5, 0.6) is 0 Å². The van der Waals surface area contributed by atoms with Gasteiger partial charge in [0.1, 0.15) is 23.1 Å². The van der Waals surface area contributed by atoms with Crippen LogP contribution in [-0.4, -0.2) is 185 Å². The smallest absolute Gasteiger partial charge is 0.234 e. The predicted octanol–water partition coefficient (Wildman–Crippen LogP) is 5.45. The summed E-state index contributed by atoms with van der Waals surface area (Å²) >= 11 is 16.0. The standard InChI is InChI=1S/C26H48N4O5S4.C16H34N4O3S2.2C5H9OS.4Y/c1-23(31)7-5-19-36-38-21-13-28-11-4-3-9-25(29-14-22-39-37-20-6-8-24(2)32)26(33)30-12-16-35-18-17-34-15-10-27;17-4-9-22-11-12-23-10-6-20-16(21)15(19-8-14-25)3-1-2-5-18-7-13-24;2*1-5(6)3-2-4-7;;;;/h5-6,13-14,25,28-29H,3-4,7-12,15-22,27H2,1-2H3,(H,30,33);7-8,15,18-19,24-25H,1-6,9-14,17H2,(H,20,21);2*2,7H,3-4H2,1H3;;;;/q-4;-2;2*-1;;;;. The number of carbonyl (C=O) groups excluding carboxylic acids is 6. The van der Waals surface area contributed by atoms with Crippen LogP contribution in [-0.2, 0) is 179 Å². The second-order valence-corrected chi connectivity index (χ2v) is 23.0. The fourth-order valence-electron chi connectivity index (χ4n) is 5.41. The molecule has 0 rings (SSSR count).